The highest BCUT2D eigenvalue weighted by atomic mass is 32.2. The Morgan fingerprint density at radius 3 is 2.54 bits per heavy atom. The van der Waals surface area contributed by atoms with Crippen LogP contribution in [0.25, 0.3) is 0 Å². The maximum atomic E-state index is 12.0. The molecule has 0 aliphatic heterocycles. The second kappa shape index (κ2) is 9.81. The lowest BCUT2D eigenvalue weighted by molar-refractivity contribution is 0.368. The molecule has 1 rings (SSSR count). The van der Waals surface area contributed by atoms with Gasteiger partial charge in [-0.05, 0) is 33.6 Å². The Morgan fingerprint density at radius 2 is 2.00 bits per heavy atom. The summed E-state index contributed by atoms with van der Waals surface area (Å²) in [7, 11) is 0.841. The van der Waals surface area contributed by atoms with Crippen molar-refractivity contribution in [3.8, 4) is 0 Å². The third-order valence-electron chi connectivity index (χ3n) is 3.90. The molecule has 0 saturated heterocycles. The van der Waals surface area contributed by atoms with E-state index >= 15 is 0 Å². The molecule has 0 fully saturated rings. The molecule has 0 radical (unpaired) electrons. The summed E-state index contributed by atoms with van der Waals surface area (Å²) in [6.07, 6.45) is 2.12. The van der Waals surface area contributed by atoms with Gasteiger partial charge in [-0.3, -0.25) is 9.20 Å². The monoisotopic (exact) mass is 356 g/mol. The molecule has 1 heterocycles. The molecular weight excluding hydrogens is 324 g/mol. The number of aliphatic imine (C=N–C) groups is 1. The molecule has 1 atom stereocenters. The lowest BCUT2D eigenvalue weighted by Gasteiger charge is -2.18. The van der Waals surface area contributed by atoms with Gasteiger partial charge in [-0.2, -0.15) is 0 Å². The Morgan fingerprint density at radius 1 is 1.33 bits per heavy atom. The fraction of sp³-hybridized carbons (Fsp3) is 0.765. The van der Waals surface area contributed by atoms with Crippen LogP contribution in [-0.4, -0.2) is 39.4 Å². The summed E-state index contributed by atoms with van der Waals surface area (Å²) in [6.45, 7) is 11.4. The first kappa shape index (κ1) is 20.7. The first-order valence-corrected chi connectivity index (χ1v) is 9.92. The van der Waals surface area contributed by atoms with E-state index in [1.807, 2.05) is 26.8 Å². The van der Waals surface area contributed by atoms with Crippen LogP contribution in [0.4, 0.5) is 0 Å². The van der Waals surface area contributed by atoms with Gasteiger partial charge in [0.25, 0.3) is 0 Å². The predicted molar refractivity (Wildman–Crippen MR) is 101 cm³/mol. The summed E-state index contributed by atoms with van der Waals surface area (Å²) in [5.74, 6) is 2.50. The summed E-state index contributed by atoms with van der Waals surface area (Å²) in [5, 5.41) is 10.5. The summed E-state index contributed by atoms with van der Waals surface area (Å²) in [5.41, 5.74) is 1.01. The highest BCUT2D eigenvalue weighted by Crippen LogP contribution is 2.22. The van der Waals surface area contributed by atoms with Gasteiger partial charge >= 0.3 is 0 Å². The number of nitrogens with zero attached hydrogens (tertiary/aromatic N) is 2. The third-order valence-corrected chi connectivity index (χ3v) is 5.84. The number of hydrogen-bond donors (Lipinski definition) is 2. The number of nitrogens with one attached hydrogen (secondary N) is 2. The van der Waals surface area contributed by atoms with E-state index in [0.29, 0.717) is 30.7 Å². The molecule has 138 valence electrons. The second-order valence-electron chi connectivity index (χ2n) is 6.75. The first-order valence-electron chi connectivity index (χ1n) is 8.60. The van der Waals surface area contributed by atoms with Gasteiger partial charge < -0.3 is 15.2 Å². The smallest absolute Gasteiger partial charge is 0.191 e. The van der Waals surface area contributed by atoms with Crippen LogP contribution in [0.2, 0.25) is 0 Å². The Kier molecular flexibility index (Phi) is 8.45. The molecule has 1 aromatic heterocycles. The van der Waals surface area contributed by atoms with Crippen molar-refractivity contribution in [2.45, 2.75) is 64.7 Å². The van der Waals surface area contributed by atoms with E-state index in [1.54, 1.807) is 7.05 Å². The third kappa shape index (κ3) is 6.63. The SMILES string of the molecule is CCC(CC)c1cc(CNC(=NC)NCCS(=O)C(C)(C)C)on1. The van der Waals surface area contributed by atoms with Crippen molar-refractivity contribution in [1.82, 2.24) is 15.8 Å². The zero-order valence-electron chi connectivity index (χ0n) is 15.8. The maximum Gasteiger partial charge on any atom is 0.191 e. The number of aromatic nitrogens is 1. The maximum absolute atomic E-state index is 12.0. The molecule has 24 heavy (non-hydrogen) atoms. The zero-order chi connectivity index (χ0) is 18.2. The van der Waals surface area contributed by atoms with Gasteiger partial charge in [0, 0.05) is 46.9 Å². The Balaban J connectivity index is 2.43. The van der Waals surface area contributed by atoms with Gasteiger partial charge in [-0.1, -0.05) is 19.0 Å². The molecule has 6 nitrogen and oxygen atoms in total. The molecule has 0 spiro atoms. The van der Waals surface area contributed by atoms with E-state index in [4.69, 9.17) is 4.52 Å². The largest absolute Gasteiger partial charge is 0.359 e. The second-order valence-corrected chi connectivity index (χ2v) is 9.07. The molecule has 0 amide bonds. The van der Waals surface area contributed by atoms with Crippen molar-refractivity contribution >= 4 is 16.8 Å². The van der Waals surface area contributed by atoms with Crippen LogP contribution in [0.3, 0.4) is 0 Å². The van der Waals surface area contributed by atoms with Crippen LogP contribution in [0, 0.1) is 0 Å². The lowest BCUT2D eigenvalue weighted by atomic mass is 9.99. The van der Waals surface area contributed by atoms with E-state index in [1.165, 1.54) is 0 Å². The van der Waals surface area contributed by atoms with E-state index in [0.717, 1.165) is 24.3 Å². The van der Waals surface area contributed by atoms with Crippen LogP contribution < -0.4 is 10.6 Å². The molecular formula is C17H32N4O2S. The van der Waals surface area contributed by atoms with Crippen LogP contribution in [0.5, 0.6) is 0 Å². The molecule has 1 aromatic rings. The van der Waals surface area contributed by atoms with Crippen molar-refractivity contribution in [3.63, 3.8) is 0 Å². The van der Waals surface area contributed by atoms with Crippen molar-refractivity contribution < 1.29 is 8.73 Å². The molecule has 0 aliphatic carbocycles. The normalized spacial score (nSPS) is 14.0. The minimum absolute atomic E-state index is 0.191. The Bertz CT molecular complexity index is 545. The van der Waals surface area contributed by atoms with Crippen molar-refractivity contribution in [3.05, 3.63) is 17.5 Å². The fourth-order valence-corrected chi connectivity index (χ4v) is 3.17. The van der Waals surface area contributed by atoms with E-state index in [-0.39, 0.29) is 4.75 Å². The van der Waals surface area contributed by atoms with E-state index < -0.39 is 10.8 Å². The summed E-state index contributed by atoms with van der Waals surface area (Å²) in [6, 6.07) is 2.01. The first-order chi connectivity index (χ1) is 11.3. The van der Waals surface area contributed by atoms with Gasteiger partial charge in [-0.15, -0.1) is 0 Å². The van der Waals surface area contributed by atoms with Gasteiger partial charge in [0.2, 0.25) is 0 Å². The lowest BCUT2D eigenvalue weighted by Crippen LogP contribution is -2.40. The van der Waals surface area contributed by atoms with Crippen LogP contribution in [0.15, 0.2) is 15.6 Å². The van der Waals surface area contributed by atoms with Gasteiger partial charge in [0.15, 0.2) is 11.7 Å². The Labute approximate surface area is 148 Å². The minimum atomic E-state index is -0.874. The minimum Gasteiger partial charge on any atom is -0.359 e. The van der Waals surface area contributed by atoms with Crippen molar-refractivity contribution in [1.29, 1.82) is 0 Å². The van der Waals surface area contributed by atoms with Gasteiger partial charge in [-0.25, -0.2) is 0 Å². The average Bonchev–Trinajstić information content (AvgIpc) is 2.99. The summed E-state index contributed by atoms with van der Waals surface area (Å²) >= 11 is 0. The van der Waals surface area contributed by atoms with Gasteiger partial charge in [0.1, 0.15) is 0 Å². The summed E-state index contributed by atoms with van der Waals surface area (Å²) < 4.78 is 17.2. The van der Waals surface area contributed by atoms with Crippen molar-refractivity contribution in [2.24, 2.45) is 4.99 Å². The zero-order valence-corrected chi connectivity index (χ0v) is 16.6. The summed E-state index contributed by atoms with van der Waals surface area (Å²) in [4.78, 5) is 4.17. The van der Waals surface area contributed by atoms with Crippen LogP contribution in [-0.2, 0) is 17.3 Å². The topological polar surface area (TPSA) is 79.5 Å². The Hall–Kier alpha value is -1.37. The molecule has 7 heteroatoms. The standard InChI is InChI=1S/C17H32N4O2S/c1-7-13(8-2)15-11-14(23-21-15)12-20-16(18-6)19-9-10-24(22)17(3,4)5/h11,13H,7-10,12H2,1-6H3,(H2,18,19,20). The van der Waals surface area contributed by atoms with Crippen LogP contribution in [0.1, 0.15) is 64.8 Å². The quantitative estimate of drug-likeness (QED) is 0.553. The molecule has 2 N–H and O–H groups in total. The molecule has 0 aliphatic rings. The molecule has 0 aromatic carbocycles. The number of guanidine groups is 1. The predicted octanol–water partition coefficient (Wildman–Crippen LogP) is 2.79. The number of hydrogen-bond acceptors (Lipinski definition) is 4. The molecule has 0 saturated carbocycles. The van der Waals surface area contributed by atoms with E-state index in [2.05, 4.69) is 34.6 Å². The highest BCUT2D eigenvalue weighted by molar-refractivity contribution is 7.86. The molecule has 0 bridgehead atoms. The van der Waals surface area contributed by atoms with Crippen LogP contribution >= 0.6 is 0 Å². The van der Waals surface area contributed by atoms with Crippen molar-refractivity contribution in [2.75, 3.05) is 19.3 Å². The fourth-order valence-electron chi connectivity index (χ4n) is 2.27. The highest BCUT2D eigenvalue weighted by Gasteiger charge is 2.18. The number of rotatable bonds is 8. The van der Waals surface area contributed by atoms with Gasteiger partial charge in [0.05, 0.1) is 12.2 Å². The van der Waals surface area contributed by atoms with E-state index in [9.17, 15) is 4.21 Å². The average molecular weight is 357 g/mol. The molecule has 1 unspecified atom stereocenters.